The molecule has 86 valence electrons. The average molecular weight is 215 g/mol. The molecule has 1 saturated carbocycles. The van der Waals surface area contributed by atoms with Crippen molar-refractivity contribution < 1.29 is 19.1 Å². The van der Waals surface area contributed by atoms with E-state index in [1.54, 1.807) is 0 Å². The van der Waals surface area contributed by atoms with Gasteiger partial charge in [0.05, 0.1) is 20.8 Å². The highest BCUT2D eigenvalue weighted by Gasteiger charge is 2.42. The van der Waals surface area contributed by atoms with E-state index in [1.165, 1.54) is 14.2 Å². The Hall–Kier alpha value is -1.10. The van der Waals surface area contributed by atoms with Crippen molar-refractivity contribution in [3.63, 3.8) is 0 Å². The quantitative estimate of drug-likeness (QED) is 0.680. The van der Waals surface area contributed by atoms with Crippen LogP contribution in [0.3, 0.4) is 0 Å². The molecule has 1 N–H and O–H groups in total. The summed E-state index contributed by atoms with van der Waals surface area (Å²) in [5, 5.41) is 2.95. The summed E-state index contributed by atoms with van der Waals surface area (Å²) in [4.78, 5) is 22.6. The third-order valence-electron chi connectivity index (χ3n) is 2.83. The molecule has 15 heavy (non-hydrogen) atoms. The van der Waals surface area contributed by atoms with Crippen LogP contribution in [0.1, 0.15) is 25.7 Å². The Balaban J connectivity index is 2.58. The van der Waals surface area contributed by atoms with E-state index in [4.69, 9.17) is 4.74 Å². The van der Waals surface area contributed by atoms with E-state index in [-0.39, 0.29) is 18.5 Å². The normalized spacial score (nSPS) is 18.5. The lowest BCUT2D eigenvalue weighted by molar-refractivity contribution is -0.149. The van der Waals surface area contributed by atoms with Gasteiger partial charge in [-0.25, -0.2) is 0 Å². The van der Waals surface area contributed by atoms with Crippen LogP contribution in [0.15, 0.2) is 0 Å². The van der Waals surface area contributed by atoms with E-state index in [0.717, 1.165) is 25.7 Å². The maximum Gasteiger partial charge on any atom is 0.326 e. The van der Waals surface area contributed by atoms with Crippen LogP contribution in [-0.4, -0.2) is 38.2 Å². The number of hydrogen-bond donors (Lipinski definition) is 1. The summed E-state index contributed by atoms with van der Waals surface area (Å²) in [6.45, 7) is 0.0472. The summed E-state index contributed by atoms with van der Waals surface area (Å²) in [5.41, 5.74) is -0.678. The Morgan fingerprint density at radius 1 is 1.20 bits per heavy atom. The first-order valence-corrected chi connectivity index (χ1v) is 5.05. The van der Waals surface area contributed by atoms with Crippen LogP contribution in [0.25, 0.3) is 0 Å². The Morgan fingerprint density at radius 3 is 2.27 bits per heavy atom. The summed E-state index contributed by atoms with van der Waals surface area (Å²) in [6, 6.07) is 0. The molecule has 0 aromatic rings. The molecule has 1 rings (SSSR count). The fourth-order valence-corrected chi connectivity index (χ4v) is 1.94. The van der Waals surface area contributed by atoms with Gasteiger partial charge in [0, 0.05) is 0 Å². The minimum atomic E-state index is -0.678. The highest BCUT2D eigenvalue weighted by Crippen LogP contribution is 2.30. The van der Waals surface area contributed by atoms with Crippen molar-refractivity contribution in [2.75, 3.05) is 20.8 Å². The Bertz CT molecular complexity index is 246. The van der Waals surface area contributed by atoms with Gasteiger partial charge in [0.2, 0.25) is 0 Å². The molecule has 0 radical (unpaired) electrons. The molecule has 1 aliphatic carbocycles. The summed E-state index contributed by atoms with van der Waals surface area (Å²) in [5.74, 6) is -0.658. The van der Waals surface area contributed by atoms with E-state index in [1.807, 2.05) is 0 Å². The second-order valence-corrected chi connectivity index (χ2v) is 3.71. The van der Waals surface area contributed by atoms with Gasteiger partial charge in [-0.15, -0.1) is 0 Å². The van der Waals surface area contributed by atoms with Crippen LogP contribution in [0.2, 0.25) is 0 Å². The number of hydrogen-bond acceptors (Lipinski definition) is 5. The number of carbonyl (C=O) groups excluding carboxylic acids is 2. The predicted octanol–water partition coefficient (Wildman–Crippen LogP) is 0.235. The van der Waals surface area contributed by atoms with Crippen LogP contribution < -0.4 is 5.32 Å². The van der Waals surface area contributed by atoms with Crippen molar-refractivity contribution in [2.45, 2.75) is 31.2 Å². The van der Waals surface area contributed by atoms with Crippen LogP contribution in [0.4, 0.5) is 0 Å². The lowest BCUT2D eigenvalue weighted by Gasteiger charge is -2.26. The van der Waals surface area contributed by atoms with Gasteiger partial charge in [0.15, 0.2) is 0 Å². The second kappa shape index (κ2) is 5.11. The molecule has 0 heterocycles. The van der Waals surface area contributed by atoms with Crippen molar-refractivity contribution in [3.8, 4) is 0 Å². The zero-order valence-electron chi connectivity index (χ0n) is 9.17. The number of ether oxygens (including phenoxy) is 2. The monoisotopic (exact) mass is 215 g/mol. The summed E-state index contributed by atoms with van der Waals surface area (Å²) in [7, 11) is 2.69. The minimum Gasteiger partial charge on any atom is -0.468 e. The number of carbonyl (C=O) groups is 2. The molecule has 0 aliphatic heterocycles. The molecule has 0 atom stereocenters. The Morgan fingerprint density at radius 2 is 1.80 bits per heavy atom. The van der Waals surface area contributed by atoms with E-state index < -0.39 is 5.54 Å². The molecule has 1 aliphatic rings. The van der Waals surface area contributed by atoms with Crippen molar-refractivity contribution in [1.82, 2.24) is 5.32 Å². The highest BCUT2D eigenvalue weighted by molar-refractivity contribution is 5.82. The fraction of sp³-hybridized carbons (Fsp3) is 0.800. The fourth-order valence-electron chi connectivity index (χ4n) is 1.94. The van der Waals surface area contributed by atoms with Gasteiger partial charge in [-0.2, -0.15) is 0 Å². The van der Waals surface area contributed by atoms with Crippen LogP contribution in [0, 0.1) is 0 Å². The van der Waals surface area contributed by atoms with Gasteiger partial charge in [0.1, 0.15) is 5.54 Å². The first-order valence-electron chi connectivity index (χ1n) is 5.05. The summed E-state index contributed by atoms with van der Waals surface area (Å²) in [6.07, 6.45) is 3.39. The maximum absolute atomic E-state index is 11.6. The third kappa shape index (κ3) is 2.68. The Labute approximate surface area is 89.1 Å². The van der Waals surface area contributed by atoms with Gasteiger partial charge in [-0.05, 0) is 12.8 Å². The number of methoxy groups -OCH3 is 2. The molecule has 0 unspecified atom stereocenters. The summed E-state index contributed by atoms with van der Waals surface area (Å²) < 4.78 is 9.26. The van der Waals surface area contributed by atoms with E-state index in [9.17, 15) is 9.59 Å². The average Bonchev–Trinajstić information content (AvgIpc) is 2.74. The topological polar surface area (TPSA) is 64.6 Å². The molecule has 0 amide bonds. The summed E-state index contributed by atoms with van der Waals surface area (Å²) >= 11 is 0. The van der Waals surface area contributed by atoms with E-state index in [0.29, 0.717) is 0 Å². The van der Waals surface area contributed by atoms with E-state index in [2.05, 4.69) is 10.1 Å². The lowest BCUT2D eigenvalue weighted by Crippen LogP contribution is -2.52. The standard InChI is InChI=1S/C10H17NO4/c1-14-8(12)7-11-10(9(13)15-2)5-3-4-6-10/h11H,3-7H2,1-2H3. The largest absolute Gasteiger partial charge is 0.468 e. The van der Waals surface area contributed by atoms with Crippen molar-refractivity contribution in [3.05, 3.63) is 0 Å². The zero-order valence-corrected chi connectivity index (χ0v) is 9.17. The maximum atomic E-state index is 11.6. The minimum absolute atomic E-state index is 0.0472. The SMILES string of the molecule is COC(=O)CNC1(C(=O)OC)CCCC1. The van der Waals surface area contributed by atoms with Gasteiger partial charge in [-0.1, -0.05) is 12.8 Å². The molecule has 5 heteroatoms. The van der Waals surface area contributed by atoms with Gasteiger partial charge in [0.25, 0.3) is 0 Å². The van der Waals surface area contributed by atoms with Gasteiger partial charge in [-0.3, -0.25) is 14.9 Å². The molecular weight excluding hydrogens is 198 g/mol. The molecule has 0 saturated heterocycles. The molecule has 0 bridgehead atoms. The molecule has 0 aromatic carbocycles. The number of nitrogens with one attached hydrogen (secondary N) is 1. The predicted molar refractivity (Wildman–Crippen MR) is 53.2 cm³/mol. The molecule has 5 nitrogen and oxygen atoms in total. The molecule has 0 spiro atoms. The lowest BCUT2D eigenvalue weighted by atomic mass is 9.98. The van der Waals surface area contributed by atoms with Gasteiger partial charge >= 0.3 is 11.9 Å². The van der Waals surface area contributed by atoms with Crippen molar-refractivity contribution >= 4 is 11.9 Å². The van der Waals surface area contributed by atoms with Crippen LogP contribution in [0.5, 0.6) is 0 Å². The highest BCUT2D eigenvalue weighted by atomic mass is 16.5. The second-order valence-electron chi connectivity index (χ2n) is 3.71. The smallest absolute Gasteiger partial charge is 0.326 e. The molecule has 0 aromatic heterocycles. The molecule has 1 fully saturated rings. The Kier molecular flexibility index (Phi) is 4.08. The van der Waals surface area contributed by atoms with Crippen LogP contribution >= 0.6 is 0 Å². The number of esters is 2. The van der Waals surface area contributed by atoms with Crippen molar-refractivity contribution in [1.29, 1.82) is 0 Å². The van der Waals surface area contributed by atoms with E-state index >= 15 is 0 Å². The third-order valence-corrected chi connectivity index (χ3v) is 2.83. The zero-order chi connectivity index (χ0) is 11.3. The van der Waals surface area contributed by atoms with Gasteiger partial charge < -0.3 is 9.47 Å². The first-order chi connectivity index (χ1) is 7.14. The molecular formula is C10H17NO4. The van der Waals surface area contributed by atoms with Crippen molar-refractivity contribution in [2.24, 2.45) is 0 Å². The van der Waals surface area contributed by atoms with Crippen LogP contribution in [-0.2, 0) is 19.1 Å². The first kappa shape index (κ1) is 12.0. The number of rotatable bonds is 4.